The van der Waals surface area contributed by atoms with Gasteiger partial charge in [0.25, 0.3) is 5.56 Å². The van der Waals surface area contributed by atoms with Crippen molar-refractivity contribution in [2.45, 2.75) is 13.5 Å². The van der Waals surface area contributed by atoms with Crippen molar-refractivity contribution >= 4 is 33.6 Å². The summed E-state index contributed by atoms with van der Waals surface area (Å²) in [6, 6.07) is 10.9. The molecule has 0 saturated carbocycles. The minimum Gasteiger partial charge on any atom is -0.455 e. The Kier molecular flexibility index (Phi) is 4.36. The van der Waals surface area contributed by atoms with Gasteiger partial charge >= 0.3 is 5.97 Å². The molecule has 0 unspecified atom stereocenters. The molecule has 8 heteroatoms. The summed E-state index contributed by atoms with van der Waals surface area (Å²) in [5, 5.41) is 2.57. The SMILES string of the molecule is Cc1nc(-c2ccccc2)c(C(=O)OCc2cc(=O)n3ccsc3n2)s1. The Hall–Kier alpha value is -2.84. The molecular formula is C18H13N3O3S2. The Morgan fingerprint density at radius 3 is 2.85 bits per heavy atom. The molecule has 26 heavy (non-hydrogen) atoms. The van der Waals surface area contributed by atoms with Crippen LogP contribution in [0.2, 0.25) is 0 Å². The first-order valence-corrected chi connectivity index (χ1v) is 9.47. The lowest BCUT2D eigenvalue weighted by atomic mass is 10.1. The lowest BCUT2D eigenvalue weighted by molar-refractivity contribution is 0.0474. The van der Waals surface area contributed by atoms with Crippen LogP contribution in [-0.2, 0) is 11.3 Å². The van der Waals surface area contributed by atoms with Crippen molar-refractivity contribution in [2.75, 3.05) is 0 Å². The minimum atomic E-state index is -0.470. The van der Waals surface area contributed by atoms with Crippen LogP contribution in [-0.4, -0.2) is 20.3 Å². The maximum Gasteiger partial charge on any atom is 0.351 e. The molecule has 0 bridgehead atoms. The molecule has 0 amide bonds. The summed E-state index contributed by atoms with van der Waals surface area (Å²) in [6.07, 6.45) is 1.66. The molecule has 1 aromatic carbocycles. The van der Waals surface area contributed by atoms with E-state index < -0.39 is 5.97 Å². The Labute approximate surface area is 156 Å². The number of esters is 1. The van der Waals surface area contributed by atoms with Crippen molar-refractivity contribution in [2.24, 2.45) is 0 Å². The van der Waals surface area contributed by atoms with Gasteiger partial charge in [-0.3, -0.25) is 9.20 Å². The van der Waals surface area contributed by atoms with E-state index in [0.717, 1.165) is 10.6 Å². The fourth-order valence-electron chi connectivity index (χ4n) is 2.52. The quantitative estimate of drug-likeness (QED) is 0.504. The van der Waals surface area contributed by atoms with Crippen molar-refractivity contribution in [1.29, 1.82) is 0 Å². The first-order valence-electron chi connectivity index (χ1n) is 7.77. The molecule has 0 aliphatic heterocycles. The van der Waals surface area contributed by atoms with Gasteiger partial charge in [-0.05, 0) is 6.92 Å². The van der Waals surface area contributed by atoms with Crippen LogP contribution in [0.3, 0.4) is 0 Å². The highest BCUT2D eigenvalue weighted by Gasteiger charge is 2.20. The van der Waals surface area contributed by atoms with Crippen LogP contribution in [0.25, 0.3) is 16.2 Å². The molecule has 0 N–H and O–H groups in total. The molecule has 0 saturated heterocycles. The van der Waals surface area contributed by atoms with Gasteiger partial charge < -0.3 is 4.74 Å². The second-order valence-electron chi connectivity index (χ2n) is 5.49. The largest absolute Gasteiger partial charge is 0.455 e. The molecule has 0 fully saturated rings. The number of hydrogen-bond acceptors (Lipinski definition) is 7. The molecule has 130 valence electrons. The van der Waals surface area contributed by atoms with Crippen LogP contribution in [0.5, 0.6) is 0 Å². The van der Waals surface area contributed by atoms with E-state index >= 15 is 0 Å². The Morgan fingerprint density at radius 1 is 1.23 bits per heavy atom. The average molecular weight is 383 g/mol. The number of nitrogens with zero attached hydrogens (tertiary/aromatic N) is 3. The molecule has 0 atom stereocenters. The maximum atomic E-state index is 12.6. The van der Waals surface area contributed by atoms with Gasteiger partial charge in [0.2, 0.25) is 0 Å². The third kappa shape index (κ3) is 3.16. The number of carbonyl (C=O) groups is 1. The molecule has 3 heterocycles. The van der Waals surface area contributed by atoms with Crippen molar-refractivity contribution < 1.29 is 9.53 Å². The van der Waals surface area contributed by atoms with Crippen LogP contribution in [0.1, 0.15) is 20.4 Å². The van der Waals surface area contributed by atoms with Crippen molar-refractivity contribution in [3.05, 3.63) is 73.9 Å². The van der Waals surface area contributed by atoms with Gasteiger partial charge in [0.15, 0.2) is 4.96 Å². The van der Waals surface area contributed by atoms with E-state index in [9.17, 15) is 9.59 Å². The summed E-state index contributed by atoms with van der Waals surface area (Å²) in [7, 11) is 0. The van der Waals surface area contributed by atoms with Crippen LogP contribution >= 0.6 is 22.7 Å². The summed E-state index contributed by atoms with van der Waals surface area (Å²) in [5.41, 5.74) is 1.70. The monoisotopic (exact) mass is 383 g/mol. The third-order valence-corrected chi connectivity index (χ3v) is 5.38. The second-order valence-corrected chi connectivity index (χ2v) is 7.57. The van der Waals surface area contributed by atoms with Crippen molar-refractivity contribution in [1.82, 2.24) is 14.4 Å². The smallest absolute Gasteiger partial charge is 0.351 e. The maximum absolute atomic E-state index is 12.6. The van der Waals surface area contributed by atoms with E-state index in [1.807, 2.05) is 37.3 Å². The van der Waals surface area contributed by atoms with Crippen LogP contribution in [0, 0.1) is 6.92 Å². The highest BCUT2D eigenvalue weighted by atomic mass is 32.1. The minimum absolute atomic E-state index is 0.0619. The van der Waals surface area contributed by atoms with Gasteiger partial charge in [-0.25, -0.2) is 14.8 Å². The van der Waals surface area contributed by atoms with Gasteiger partial charge in [-0.1, -0.05) is 30.3 Å². The number of aromatic nitrogens is 3. The van der Waals surface area contributed by atoms with E-state index in [1.165, 1.54) is 33.1 Å². The van der Waals surface area contributed by atoms with Crippen molar-refractivity contribution in [3.63, 3.8) is 0 Å². The van der Waals surface area contributed by atoms with E-state index in [-0.39, 0.29) is 12.2 Å². The van der Waals surface area contributed by atoms with Crippen LogP contribution in [0.15, 0.2) is 52.8 Å². The summed E-state index contributed by atoms with van der Waals surface area (Å²) in [6.45, 7) is 1.79. The van der Waals surface area contributed by atoms with Gasteiger partial charge in [-0.2, -0.15) is 0 Å². The zero-order valence-electron chi connectivity index (χ0n) is 13.7. The standard InChI is InChI=1S/C18H13N3O3S2/c1-11-19-15(12-5-3-2-4-6-12)16(26-11)17(23)24-10-13-9-14(22)21-7-8-25-18(21)20-13/h2-9H,10H2,1H3. The summed E-state index contributed by atoms with van der Waals surface area (Å²) in [4.78, 5) is 34.4. The van der Waals surface area contributed by atoms with Gasteiger partial charge in [0.05, 0.1) is 16.4 Å². The molecule has 0 radical (unpaired) electrons. The normalized spacial score (nSPS) is 11.0. The average Bonchev–Trinajstić information content (AvgIpc) is 3.27. The number of rotatable bonds is 4. The topological polar surface area (TPSA) is 73.6 Å². The zero-order valence-corrected chi connectivity index (χ0v) is 15.3. The predicted octanol–water partition coefficient (Wildman–Crippen LogP) is 3.54. The van der Waals surface area contributed by atoms with Crippen molar-refractivity contribution in [3.8, 4) is 11.3 Å². The van der Waals surface area contributed by atoms with Crippen LogP contribution < -0.4 is 5.56 Å². The van der Waals surface area contributed by atoms with Gasteiger partial charge in [0, 0.05) is 23.2 Å². The number of thiazole rings is 2. The Balaban J connectivity index is 1.58. The molecule has 6 nitrogen and oxygen atoms in total. The molecule has 4 aromatic rings. The van der Waals surface area contributed by atoms with E-state index in [2.05, 4.69) is 9.97 Å². The Bertz CT molecular complexity index is 1150. The van der Waals surface area contributed by atoms with E-state index in [1.54, 1.807) is 11.6 Å². The lowest BCUT2D eigenvalue weighted by Gasteiger charge is -2.05. The summed E-state index contributed by atoms with van der Waals surface area (Å²) >= 11 is 2.64. The molecule has 3 aromatic heterocycles. The number of benzene rings is 1. The van der Waals surface area contributed by atoms with Gasteiger partial charge in [0.1, 0.15) is 11.5 Å². The predicted molar refractivity (Wildman–Crippen MR) is 101 cm³/mol. The first kappa shape index (κ1) is 16.6. The molecule has 0 aliphatic rings. The fourth-order valence-corrected chi connectivity index (χ4v) is 4.10. The Morgan fingerprint density at radius 2 is 2.04 bits per heavy atom. The number of ether oxygens (including phenoxy) is 1. The first-order chi connectivity index (χ1) is 12.6. The second kappa shape index (κ2) is 6.81. The molecular weight excluding hydrogens is 370 g/mol. The van der Waals surface area contributed by atoms with E-state index in [0.29, 0.717) is 21.2 Å². The number of hydrogen-bond donors (Lipinski definition) is 0. The zero-order chi connectivity index (χ0) is 18.1. The molecule has 0 aliphatic carbocycles. The molecule has 0 spiro atoms. The van der Waals surface area contributed by atoms with Crippen LogP contribution in [0.4, 0.5) is 0 Å². The van der Waals surface area contributed by atoms with E-state index in [4.69, 9.17) is 4.74 Å². The molecule has 4 rings (SSSR count). The van der Waals surface area contributed by atoms with Gasteiger partial charge in [-0.15, -0.1) is 22.7 Å². The third-order valence-electron chi connectivity index (χ3n) is 3.67. The summed E-state index contributed by atoms with van der Waals surface area (Å²) in [5.74, 6) is -0.470. The highest BCUT2D eigenvalue weighted by Crippen LogP contribution is 2.28. The summed E-state index contributed by atoms with van der Waals surface area (Å²) < 4.78 is 6.85. The lowest BCUT2D eigenvalue weighted by Crippen LogP contribution is -2.14. The highest BCUT2D eigenvalue weighted by molar-refractivity contribution is 7.15. The number of carbonyl (C=O) groups excluding carboxylic acids is 1. The number of aryl methyl sites for hydroxylation is 1. The number of fused-ring (bicyclic) bond motifs is 1. The fraction of sp³-hybridized carbons (Fsp3) is 0.111.